The molecule has 1 rings (SSSR count). The molecule has 1 aromatic carbocycles. The van der Waals surface area contributed by atoms with Crippen molar-refractivity contribution in [3.8, 4) is 0 Å². The summed E-state index contributed by atoms with van der Waals surface area (Å²) in [6.07, 6.45) is 4.07. The zero-order chi connectivity index (χ0) is 17.5. The van der Waals surface area contributed by atoms with E-state index >= 15 is 0 Å². The van der Waals surface area contributed by atoms with E-state index < -0.39 is 16.6 Å². The smallest absolute Gasteiger partial charge is 0.407 e. The zero-order valence-corrected chi connectivity index (χ0v) is 13.4. The highest BCUT2D eigenvalue weighted by atomic mass is 16.6. The molecule has 1 aromatic rings. The van der Waals surface area contributed by atoms with Gasteiger partial charge in [-0.2, -0.15) is 0 Å². The topological polar surface area (TPSA) is 98.5 Å². The zero-order valence-electron chi connectivity index (χ0n) is 13.4. The largest absolute Gasteiger partial charge is 0.444 e. The van der Waals surface area contributed by atoms with Crippen molar-refractivity contribution < 1.29 is 19.2 Å². The van der Waals surface area contributed by atoms with Crippen molar-refractivity contribution in [2.75, 3.05) is 6.54 Å². The molecule has 1 amide bonds. The Bertz CT molecular complexity index is 617. The number of carbonyl (C=O) groups excluding carboxylic acids is 2. The van der Waals surface area contributed by atoms with Gasteiger partial charge in [0.2, 0.25) is 0 Å². The Labute approximate surface area is 134 Å². The van der Waals surface area contributed by atoms with Crippen LogP contribution in [0.4, 0.5) is 10.5 Å². The van der Waals surface area contributed by atoms with Crippen molar-refractivity contribution in [1.29, 1.82) is 0 Å². The third-order valence-electron chi connectivity index (χ3n) is 2.68. The summed E-state index contributed by atoms with van der Waals surface area (Å²) in [4.78, 5) is 32.5. The molecule has 0 saturated heterocycles. The molecule has 0 fully saturated rings. The van der Waals surface area contributed by atoms with Crippen LogP contribution in [0.5, 0.6) is 0 Å². The fourth-order valence-corrected chi connectivity index (χ4v) is 1.71. The molecule has 0 aliphatic carbocycles. The van der Waals surface area contributed by atoms with Crippen molar-refractivity contribution in [3.05, 3.63) is 45.5 Å². The number of nitro groups is 1. The molecule has 0 bridgehead atoms. The van der Waals surface area contributed by atoms with Crippen LogP contribution in [-0.2, 0) is 4.74 Å². The number of ether oxygens (including phenoxy) is 1. The molecule has 0 radical (unpaired) electrons. The summed E-state index contributed by atoms with van der Waals surface area (Å²) in [5, 5.41) is 13.3. The Morgan fingerprint density at radius 1 is 1.35 bits per heavy atom. The van der Waals surface area contributed by atoms with Gasteiger partial charge in [0.25, 0.3) is 5.69 Å². The number of carbonyl (C=O) groups is 2. The van der Waals surface area contributed by atoms with Crippen LogP contribution in [0, 0.1) is 10.1 Å². The van der Waals surface area contributed by atoms with E-state index in [-0.39, 0.29) is 11.3 Å². The molecule has 7 heteroatoms. The van der Waals surface area contributed by atoms with E-state index in [0.717, 1.165) is 0 Å². The highest BCUT2D eigenvalue weighted by molar-refractivity contribution is 5.83. The highest BCUT2D eigenvalue weighted by Gasteiger charge is 2.15. The summed E-state index contributed by atoms with van der Waals surface area (Å²) in [6, 6.07) is 4.08. The molecular weight excluding hydrogens is 300 g/mol. The van der Waals surface area contributed by atoms with Gasteiger partial charge in [0.05, 0.1) is 4.92 Å². The number of non-ortho nitro benzene ring substituents is 1. The Hall–Kier alpha value is -2.70. The van der Waals surface area contributed by atoms with Crippen molar-refractivity contribution in [3.63, 3.8) is 0 Å². The molecule has 0 heterocycles. The maximum Gasteiger partial charge on any atom is 0.407 e. The number of aldehydes is 1. The Balaban J connectivity index is 2.54. The number of hydrogen-bond acceptors (Lipinski definition) is 5. The summed E-state index contributed by atoms with van der Waals surface area (Å²) < 4.78 is 5.09. The minimum atomic E-state index is -0.550. The Morgan fingerprint density at radius 3 is 2.61 bits per heavy atom. The summed E-state index contributed by atoms with van der Waals surface area (Å²) in [5.41, 5.74) is 0.159. The second-order valence-electron chi connectivity index (χ2n) is 5.81. The third kappa shape index (κ3) is 6.73. The van der Waals surface area contributed by atoms with Crippen LogP contribution in [0.15, 0.2) is 24.3 Å². The molecule has 0 aliphatic rings. The number of rotatable bonds is 6. The van der Waals surface area contributed by atoms with Gasteiger partial charge in [0.1, 0.15) is 5.60 Å². The molecule has 0 aliphatic heterocycles. The first-order valence-electron chi connectivity index (χ1n) is 7.10. The predicted octanol–water partition coefficient (Wildman–Crippen LogP) is 3.34. The third-order valence-corrected chi connectivity index (χ3v) is 2.68. The molecule has 1 N–H and O–H groups in total. The van der Waals surface area contributed by atoms with Gasteiger partial charge in [0.15, 0.2) is 6.29 Å². The van der Waals surface area contributed by atoms with Crippen molar-refractivity contribution >= 4 is 24.1 Å². The number of alkyl carbamates (subject to hydrolysis) is 1. The van der Waals surface area contributed by atoms with Crippen LogP contribution >= 0.6 is 0 Å². The van der Waals surface area contributed by atoms with Gasteiger partial charge in [-0.25, -0.2) is 4.79 Å². The Morgan fingerprint density at radius 2 is 2.04 bits per heavy atom. The molecule has 0 saturated carbocycles. The second kappa shape index (κ2) is 8.07. The summed E-state index contributed by atoms with van der Waals surface area (Å²) >= 11 is 0. The lowest BCUT2D eigenvalue weighted by Crippen LogP contribution is -2.32. The molecule has 0 atom stereocenters. The quantitative estimate of drug-likeness (QED) is 0.375. The first-order valence-corrected chi connectivity index (χ1v) is 7.10. The lowest BCUT2D eigenvalue weighted by molar-refractivity contribution is -0.384. The van der Waals surface area contributed by atoms with E-state index in [4.69, 9.17) is 4.74 Å². The molecular formula is C16H20N2O5. The second-order valence-corrected chi connectivity index (χ2v) is 5.81. The van der Waals surface area contributed by atoms with Crippen LogP contribution in [0.2, 0.25) is 0 Å². The van der Waals surface area contributed by atoms with E-state index in [1.807, 2.05) is 0 Å². The van der Waals surface area contributed by atoms with Gasteiger partial charge >= 0.3 is 6.09 Å². The number of hydrogen-bond donors (Lipinski definition) is 1. The average Bonchev–Trinajstić information content (AvgIpc) is 2.44. The van der Waals surface area contributed by atoms with Crippen LogP contribution in [0.3, 0.4) is 0 Å². The van der Waals surface area contributed by atoms with E-state index in [0.29, 0.717) is 24.8 Å². The average molecular weight is 320 g/mol. The van der Waals surface area contributed by atoms with Gasteiger partial charge in [-0.05, 0) is 38.8 Å². The highest BCUT2D eigenvalue weighted by Crippen LogP contribution is 2.17. The van der Waals surface area contributed by atoms with Crippen molar-refractivity contribution in [2.45, 2.75) is 32.8 Å². The summed E-state index contributed by atoms with van der Waals surface area (Å²) in [6.45, 7) is 5.72. The van der Waals surface area contributed by atoms with Gasteiger partial charge in [-0.3, -0.25) is 14.9 Å². The van der Waals surface area contributed by atoms with E-state index in [9.17, 15) is 19.7 Å². The van der Waals surface area contributed by atoms with E-state index in [1.54, 1.807) is 32.9 Å². The molecule has 124 valence electrons. The first-order chi connectivity index (χ1) is 10.7. The normalized spacial score (nSPS) is 11.3. The molecule has 0 aromatic heterocycles. The van der Waals surface area contributed by atoms with Crippen molar-refractivity contribution in [1.82, 2.24) is 5.32 Å². The predicted molar refractivity (Wildman–Crippen MR) is 86.4 cm³/mol. The summed E-state index contributed by atoms with van der Waals surface area (Å²) in [5.74, 6) is 0. The van der Waals surface area contributed by atoms with E-state index in [1.165, 1.54) is 18.2 Å². The molecule has 0 unspecified atom stereocenters. The monoisotopic (exact) mass is 320 g/mol. The first kappa shape index (κ1) is 18.3. The standard InChI is InChI=1S/C16H20N2O5/c1-16(2,3)23-15(20)17-9-5-4-6-12-7-8-14(18(21)22)10-13(12)11-19/h4,6-8,10-11H,5,9H2,1-3H3,(H,17,20). The minimum Gasteiger partial charge on any atom is -0.444 e. The number of benzene rings is 1. The van der Waals surface area contributed by atoms with E-state index in [2.05, 4.69) is 5.32 Å². The van der Waals surface area contributed by atoms with Crippen molar-refractivity contribution in [2.24, 2.45) is 0 Å². The number of nitrogens with zero attached hydrogens (tertiary/aromatic N) is 1. The van der Waals surface area contributed by atoms with Gasteiger partial charge in [0, 0.05) is 24.2 Å². The maximum atomic E-state index is 11.4. The Kier molecular flexibility index (Phi) is 6.44. The number of nitrogens with one attached hydrogen (secondary N) is 1. The molecule has 23 heavy (non-hydrogen) atoms. The fraction of sp³-hybridized carbons (Fsp3) is 0.375. The van der Waals surface area contributed by atoms with Gasteiger partial charge < -0.3 is 10.1 Å². The molecule has 0 spiro atoms. The van der Waals surface area contributed by atoms with Crippen LogP contribution in [0.25, 0.3) is 6.08 Å². The number of nitro benzene ring substituents is 1. The fourth-order valence-electron chi connectivity index (χ4n) is 1.71. The SMILES string of the molecule is CC(C)(C)OC(=O)NCCC=Cc1ccc([N+](=O)[O-])cc1C=O. The summed E-state index contributed by atoms with van der Waals surface area (Å²) in [7, 11) is 0. The van der Waals surface area contributed by atoms with Gasteiger partial charge in [-0.15, -0.1) is 0 Å². The van der Waals surface area contributed by atoms with Crippen LogP contribution in [-0.4, -0.2) is 29.4 Å². The molecule has 7 nitrogen and oxygen atoms in total. The lowest BCUT2D eigenvalue weighted by Gasteiger charge is -2.19. The van der Waals surface area contributed by atoms with Gasteiger partial charge in [-0.1, -0.05) is 12.2 Å². The maximum absolute atomic E-state index is 11.4. The van der Waals surface area contributed by atoms with Crippen LogP contribution < -0.4 is 5.32 Å². The lowest BCUT2D eigenvalue weighted by atomic mass is 10.1. The minimum absolute atomic E-state index is 0.129. The number of amides is 1. The van der Waals surface area contributed by atoms with Crippen LogP contribution in [0.1, 0.15) is 43.1 Å².